The number of hydrogen-bond acceptors (Lipinski definition) is 2. The summed E-state index contributed by atoms with van der Waals surface area (Å²) in [6.45, 7) is 0.682. The van der Waals surface area contributed by atoms with E-state index in [1.807, 2.05) is 19.2 Å². The lowest BCUT2D eigenvalue weighted by atomic mass is 10.1. The first-order chi connectivity index (χ1) is 8.19. The molecule has 0 fully saturated rings. The number of benzene rings is 1. The first-order valence-corrected chi connectivity index (χ1v) is 6.14. The second-order valence-corrected chi connectivity index (χ2v) is 4.73. The summed E-state index contributed by atoms with van der Waals surface area (Å²) in [4.78, 5) is 0. The van der Waals surface area contributed by atoms with Gasteiger partial charge in [0.25, 0.3) is 0 Å². The number of hydrogen-bond donors (Lipinski definition) is 1. The Kier molecular flexibility index (Phi) is 3.97. The number of nitrogens with one attached hydrogen (secondary N) is 1. The van der Waals surface area contributed by atoms with E-state index in [1.54, 1.807) is 12.1 Å². The van der Waals surface area contributed by atoms with Crippen molar-refractivity contribution < 1.29 is 8.81 Å². The lowest BCUT2D eigenvalue weighted by molar-refractivity contribution is 0.459. The van der Waals surface area contributed by atoms with E-state index < -0.39 is 0 Å². The molecule has 0 aliphatic heterocycles. The fourth-order valence-electron chi connectivity index (χ4n) is 1.65. The van der Waals surface area contributed by atoms with Crippen LogP contribution < -0.4 is 5.32 Å². The van der Waals surface area contributed by atoms with Crippen LogP contribution in [0.25, 0.3) is 0 Å². The van der Waals surface area contributed by atoms with Crippen molar-refractivity contribution >= 4 is 15.9 Å². The molecule has 0 aliphatic rings. The zero-order chi connectivity index (χ0) is 12.3. The van der Waals surface area contributed by atoms with Crippen LogP contribution in [0.15, 0.2) is 39.2 Å². The zero-order valence-electron chi connectivity index (χ0n) is 9.47. The van der Waals surface area contributed by atoms with Gasteiger partial charge in [0, 0.05) is 10.9 Å². The van der Waals surface area contributed by atoms with Crippen LogP contribution in [-0.4, -0.2) is 7.05 Å². The molecule has 4 heteroatoms. The van der Waals surface area contributed by atoms with Gasteiger partial charge in [-0.2, -0.15) is 0 Å². The van der Waals surface area contributed by atoms with Crippen molar-refractivity contribution in [2.45, 2.75) is 13.0 Å². The van der Waals surface area contributed by atoms with E-state index in [4.69, 9.17) is 4.42 Å². The first kappa shape index (κ1) is 12.3. The molecule has 1 N–H and O–H groups in total. The van der Waals surface area contributed by atoms with Crippen LogP contribution in [0, 0.1) is 5.82 Å². The van der Waals surface area contributed by atoms with Crippen LogP contribution in [0.3, 0.4) is 0 Å². The maximum absolute atomic E-state index is 13.5. The van der Waals surface area contributed by atoms with Crippen molar-refractivity contribution in [1.82, 2.24) is 5.32 Å². The summed E-state index contributed by atoms with van der Waals surface area (Å²) >= 11 is 3.33. The van der Waals surface area contributed by atoms with E-state index in [0.29, 0.717) is 18.5 Å². The molecule has 1 aromatic carbocycles. The van der Waals surface area contributed by atoms with E-state index in [2.05, 4.69) is 21.2 Å². The molecular formula is C13H13BrFNO. The standard InChI is InChI=1S/C13H13BrFNO/c1-16-8-12-4-3-11(17-12)7-9-6-10(14)2-5-13(9)15/h2-6,16H,7-8H2,1H3. The normalized spacial score (nSPS) is 10.8. The van der Waals surface area contributed by atoms with Gasteiger partial charge in [0.1, 0.15) is 17.3 Å². The average Bonchev–Trinajstić information content (AvgIpc) is 2.72. The molecule has 2 rings (SSSR count). The number of halogens is 2. The molecule has 0 saturated heterocycles. The summed E-state index contributed by atoms with van der Waals surface area (Å²) < 4.78 is 20.0. The molecule has 0 bridgehead atoms. The van der Waals surface area contributed by atoms with Crippen LogP contribution >= 0.6 is 15.9 Å². The highest BCUT2D eigenvalue weighted by Gasteiger charge is 2.07. The Balaban J connectivity index is 2.16. The summed E-state index contributed by atoms with van der Waals surface area (Å²) in [5, 5.41) is 3.01. The van der Waals surface area contributed by atoms with Crippen molar-refractivity contribution in [3.8, 4) is 0 Å². The summed E-state index contributed by atoms with van der Waals surface area (Å²) in [5.74, 6) is 1.42. The van der Waals surface area contributed by atoms with Gasteiger partial charge in [-0.3, -0.25) is 0 Å². The summed E-state index contributed by atoms with van der Waals surface area (Å²) in [7, 11) is 1.86. The molecule has 0 radical (unpaired) electrons. The lowest BCUT2D eigenvalue weighted by Gasteiger charge is -2.02. The average molecular weight is 298 g/mol. The summed E-state index contributed by atoms with van der Waals surface area (Å²) in [6.07, 6.45) is 0.467. The van der Waals surface area contributed by atoms with E-state index in [9.17, 15) is 4.39 Å². The Morgan fingerprint density at radius 2 is 2.00 bits per heavy atom. The van der Waals surface area contributed by atoms with Gasteiger partial charge < -0.3 is 9.73 Å². The maximum atomic E-state index is 13.5. The van der Waals surface area contributed by atoms with Gasteiger partial charge in [0.2, 0.25) is 0 Å². The highest BCUT2D eigenvalue weighted by Crippen LogP contribution is 2.20. The monoisotopic (exact) mass is 297 g/mol. The molecule has 90 valence electrons. The molecule has 17 heavy (non-hydrogen) atoms. The second kappa shape index (κ2) is 5.47. The molecule has 0 atom stereocenters. The van der Waals surface area contributed by atoms with Gasteiger partial charge >= 0.3 is 0 Å². The Labute approximate surface area is 108 Å². The van der Waals surface area contributed by atoms with E-state index in [0.717, 1.165) is 16.0 Å². The van der Waals surface area contributed by atoms with E-state index >= 15 is 0 Å². The Morgan fingerprint density at radius 1 is 1.24 bits per heavy atom. The van der Waals surface area contributed by atoms with Crippen molar-refractivity contribution in [3.05, 3.63) is 57.7 Å². The van der Waals surface area contributed by atoms with Gasteiger partial charge in [-0.05, 0) is 42.9 Å². The van der Waals surface area contributed by atoms with Crippen LogP contribution in [-0.2, 0) is 13.0 Å². The minimum atomic E-state index is -0.209. The van der Waals surface area contributed by atoms with Crippen LogP contribution in [0.1, 0.15) is 17.1 Å². The largest absolute Gasteiger partial charge is 0.464 e. The molecule has 0 aliphatic carbocycles. The highest BCUT2D eigenvalue weighted by molar-refractivity contribution is 9.10. The van der Waals surface area contributed by atoms with Gasteiger partial charge in [-0.1, -0.05) is 15.9 Å². The van der Waals surface area contributed by atoms with Gasteiger partial charge in [0.15, 0.2) is 0 Å². The van der Waals surface area contributed by atoms with Crippen LogP contribution in [0.5, 0.6) is 0 Å². The summed E-state index contributed by atoms with van der Waals surface area (Å²) in [5.41, 5.74) is 0.629. The summed E-state index contributed by atoms with van der Waals surface area (Å²) in [6, 6.07) is 8.70. The van der Waals surface area contributed by atoms with Gasteiger partial charge in [-0.25, -0.2) is 4.39 Å². The molecule has 2 nitrogen and oxygen atoms in total. The Bertz CT molecular complexity index is 510. The Hall–Kier alpha value is -1.13. The maximum Gasteiger partial charge on any atom is 0.126 e. The third-order valence-corrected chi connectivity index (χ3v) is 2.93. The topological polar surface area (TPSA) is 25.2 Å². The number of furan rings is 1. The molecule has 2 aromatic rings. The molecule has 0 spiro atoms. The first-order valence-electron chi connectivity index (χ1n) is 5.35. The third-order valence-electron chi connectivity index (χ3n) is 2.44. The van der Waals surface area contributed by atoms with E-state index in [-0.39, 0.29) is 5.82 Å². The van der Waals surface area contributed by atoms with Crippen molar-refractivity contribution in [3.63, 3.8) is 0 Å². The van der Waals surface area contributed by atoms with Crippen molar-refractivity contribution in [1.29, 1.82) is 0 Å². The van der Waals surface area contributed by atoms with Gasteiger partial charge in [-0.15, -0.1) is 0 Å². The highest BCUT2D eigenvalue weighted by atomic mass is 79.9. The zero-order valence-corrected chi connectivity index (χ0v) is 11.1. The van der Waals surface area contributed by atoms with Crippen molar-refractivity contribution in [2.75, 3.05) is 7.05 Å². The molecule has 0 saturated carbocycles. The Morgan fingerprint density at radius 3 is 2.76 bits per heavy atom. The minimum absolute atomic E-state index is 0.209. The minimum Gasteiger partial charge on any atom is -0.464 e. The fourth-order valence-corrected chi connectivity index (χ4v) is 2.06. The van der Waals surface area contributed by atoms with Gasteiger partial charge in [0.05, 0.1) is 6.54 Å². The van der Waals surface area contributed by atoms with E-state index in [1.165, 1.54) is 6.07 Å². The SMILES string of the molecule is CNCc1ccc(Cc2cc(Br)ccc2F)o1. The molecule has 0 unspecified atom stereocenters. The smallest absolute Gasteiger partial charge is 0.126 e. The quantitative estimate of drug-likeness (QED) is 0.934. The molecule has 0 amide bonds. The molecular weight excluding hydrogens is 285 g/mol. The second-order valence-electron chi connectivity index (χ2n) is 3.81. The number of rotatable bonds is 4. The van der Waals surface area contributed by atoms with Crippen LogP contribution in [0.2, 0.25) is 0 Å². The lowest BCUT2D eigenvalue weighted by Crippen LogP contribution is -2.03. The molecule has 1 heterocycles. The predicted octanol–water partition coefficient (Wildman–Crippen LogP) is 3.49. The predicted molar refractivity (Wildman–Crippen MR) is 68.4 cm³/mol. The van der Waals surface area contributed by atoms with Crippen LogP contribution in [0.4, 0.5) is 4.39 Å². The third kappa shape index (κ3) is 3.17. The van der Waals surface area contributed by atoms with Crippen molar-refractivity contribution in [2.24, 2.45) is 0 Å². The molecule has 1 aromatic heterocycles. The fraction of sp³-hybridized carbons (Fsp3) is 0.231.